The minimum atomic E-state index is -3.68. The van der Waals surface area contributed by atoms with Crippen LogP contribution in [0.4, 0.5) is 0 Å². The van der Waals surface area contributed by atoms with E-state index in [1.54, 1.807) is 48.5 Å². The first-order valence-corrected chi connectivity index (χ1v) is 10.4. The highest BCUT2D eigenvalue weighted by Gasteiger charge is 2.25. The molecule has 0 aliphatic heterocycles. The third kappa shape index (κ3) is 4.26. The smallest absolute Gasteiger partial charge is 0.258 e. The first kappa shape index (κ1) is 19.3. The maximum Gasteiger partial charge on any atom is 0.258 e. The minimum absolute atomic E-state index is 0.0241. The molecular weight excluding hydrogens is 362 g/mol. The number of aromatic nitrogens is 2. The van der Waals surface area contributed by atoms with Crippen molar-refractivity contribution in [2.24, 2.45) is 0 Å². The lowest BCUT2D eigenvalue weighted by Gasteiger charge is -2.21. The van der Waals surface area contributed by atoms with Gasteiger partial charge in [-0.25, -0.2) is 13.4 Å². The van der Waals surface area contributed by atoms with Gasteiger partial charge in [0.15, 0.2) is 0 Å². The standard InChI is InChI=1S/C20H23N3O3S/c1-3-4-13-23(27(25,26)16-11-9-15(2)10-12-16)14-19-21-18-8-6-5-7-17(18)20(24)22-19/h5-12H,3-4,13-14H2,1-2H3,(H,21,22,24). The number of aromatic amines is 1. The average Bonchev–Trinajstić information content (AvgIpc) is 2.65. The summed E-state index contributed by atoms with van der Waals surface area (Å²) in [6, 6.07) is 13.8. The summed E-state index contributed by atoms with van der Waals surface area (Å²) in [7, 11) is -3.68. The molecule has 0 bridgehead atoms. The molecule has 0 radical (unpaired) electrons. The molecule has 0 saturated heterocycles. The molecule has 0 saturated carbocycles. The van der Waals surface area contributed by atoms with Gasteiger partial charge in [-0.2, -0.15) is 4.31 Å². The van der Waals surface area contributed by atoms with Crippen LogP contribution in [0.5, 0.6) is 0 Å². The molecular formula is C20H23N3O3S. The topological polar surface area (TPSA) is 83.1 Å². The van der Waals surface area contributed by atoms with E-state index in [1.165, 1.54) is 4.31 Å². The Morgan fingerprint density at radius 3 is 2.48 bits per heavy atom. The van der Waals surface area contributed by atoms with Gasteiger partial charge in [-0.05, 0) is 37.6 Å². The van der Waals surface area contributed by atoms with Crippen molar-refractivity contribution in [2.75, 3.05) is 6.54 Å². The number of nitrogens with zero attached hydrogens (tertiary/aromatic N) is 2. The summed E-state index contributed by atoms with van der Waals surface area (Å²) < 4.78 is 27.6. The highest BCUT2D eigenvalue weighted by molar-refractivity contribution is 7.89. The van der Waals surface area contributed by atoms with Crippen molar-refractivity contribution in [3.05, 3.63) is 70.3 Å². The largest absolute Gasteiger partial charge is 0.309 e. The van der Waals surface area contributed by atoms with Crippen LogP contribution in [0.15, 0.2) is 58.2 Å². The Kier molecular flexibility index (Phi) is 5.72. The quantitative estimate of drug-likeness (QED) is 0.677. The van der Waals surface area contributed by atoms with Crippen molar-refractivity contribution < 1.29 is 8.42 Å². The summed E-state index contributed by atoms with van der Waals surface area (Å²) in [6.07, 6.45) is 1.59. The maximum atomic E-state index is 13.1. The zero-order chi connectivity index (χ0) is 19.4. The molecule has 0 aliphatic rings. The van der Waals surface area contributed by atoms with Gasteiger partial charge in [0.05, 0.1) is 22.3 Å². The van der Waals surface area contributed by atoms with Crippen LogP contribution in [0.2, 0.25) is 0 Å². The predicted octanol–water partition coefficient (Wildman–Crippen LogP) is 3.22. The van der Waals surface area contributed by atoms with Gasteiger partial charge in [-0.3, -0.25) is 4.79 Å². The first-order valence-electron chi connectivity index (χ1n) is 8.96. The molecule has 0 unspecified atom stereocenters. The van der Waals surface area contributed by atoms with Crippen LogP contribution in [0.25, 0.3) is 10.9 Å². The lowest BCUT2D eigenvalue weighted by molar-refractivity contribution is 0.389. The van der Waals surface area contributed by atoms with Crippen LogP contribution in [0.3, 0.4) is 0 Å². The molecule has 1 aromatic heterocycles. The van der Waals surface area contributed by atoms with E-state index < -0.39 is 10.0 Å². The Bertz CT molecular complexity index is 1090. The summed E-state index contributed by atoms with van der Waals surface area (Å²) in [4.78, 5) is 19.7. The van der Waals surface area contributed by atoms with Crippen molar-refractivity contribution in [3.63, 3.8) is 0 Å². The fourth-order valence-electron chi connectivity index (χ4n) is 2.85. The molecule has 1 N–H and O–H groups in total. The van der Waals surface area contributed by atoms with Crippen molar-refractivity contribution in [1.82, 2.24) is 14.3 Å². The van der Waals surface area contributed by atoms with Gasteiger partial charge in [0.1, 0.15) is 5.82 Å². The Labute approximate surface area is 158 Å². The molecule has 27 heavy (non-hydrogen) atoms. The second-order valence-electron chi connectivity index (χ2n) is 6.53. The summed E-state index contributed by atoms with van der Waals surface area (Å²) in [5.74, 6) is 0.338. The van der Waals surface area contributed by atoms with Gasteiger partial charge >= 0.3 is 0 Å². The summed E-state index contributed by atoms with van der Waals surface area (Å²) in [6.45, 7) is 4.31. The van der Waals surface area contributed by atoms with Gasteiger partial charge < -0.3 is 4.98 Å². The molecule has 2 aromatic carbocycles. The molecule has 6 nitrogen and oxygen atoms in total. The number of H-pyrrole nitrogens is 1. The number of hydrogen-bond acceptors (Lipinski definition) is 4. The number of aryl methyl sites for hydroxylation is 1. The number of para-hydroxylation sites is 1. The van der Waals surface area contributed by atoms with E-state index in [9.17, 15) is 13.2 Å². The summed E-state index contributed by atoms with van der Waals surface area (Å²) in [5.41, 5.74) is 1.28. The van der Waals surface area contributed by atoms with E-state index in [4.69, 9.17) is 0 Å². The predicted molar refractivity (Wildman–Crippen MR) is 106 cm³/mol. The van der Waals surface area contributed by atoms with Crippen molar-refractivity contribution in [3.8, 4) is 0 Å². The second kappa shape index (κ2) is 8.02. The van der Waals surface area contributed by atoms with E-state index >= 15 is 0 Å². The maximum absolute atomic E-state index is 13.1. The van der Waals surface area contributed by atoms with Gasteiger partial charge in [0, 0.05) is 6.54 Å². The SMILES string of the molecule is CCCCN(Cc1nc2ccccc2c(=O)[nH]1)S(=O)(=O)c1ccc(C)cc1. The van der Waals surface area contributed by atoms with Crippen LogP contribution in [0.1, 0.15) is 31.2 Å². The Hall–Kier alpha value is -2.51. The van der Waals surface area contributed by atoms with Gasteiger partial charge in [-0.15, -0.1) is 0 Å². The highest BCUT2D eigenvalue weighted by atomic mass is 32.2. The number of benzene rings is 2. The van der Waals surface area contributed by atoms with Crippen LogP contribution >= 0.6 is 0 Å². The first-order chi connectivity index (χ1) is 12.9. The van der Waals surface area contributed by atoms with E-state index in [1.807, 2.05) is 13.8 Å². The molecule has 0 fully saturated rings. The van der Waals surface area contributed by atoms with Gasteiger partial charge in [0.2, 0.25) is 10.0 Å². The minimum Gasteiger partial charge on any atom is -0.309 e. The number of nitrogens with one attached hydrogen (secondary N) is 1. The Balaban J connectivity index is 1.98. The Morgan fingerprint density at radius 2 is 1.78 bits per heavy atom. The Morgan fingerprint density at radius 1 is 1.07 bits per heavy atom. The van der Waals surface area contributed by atoms with Crippen molar-refractivity contribution in [2.45, 2.75) is 38.1 Å². The number of fused-ring (bicyclic) bond motifs is 1. The van der Waals surface area contributed by atoms with Crippen molar-refractivity contribution >= 4 is 20.9 Å². The van der Waals surface area contributed by atoms with E-state index in [2.05, 4.69) is 9.97 Å². The van der Waals surface area contributed by atoms with Crippen LogP contribution < -0.4 is 5.56 Å². The third-order valence-electron chi connectivity index (χ3n) is 4.41. The normalized spacial score (nSPS) is 12.0. The number of unbranched alkanes of at least 4 members (excludes halogenated alkanes) is 1. The number of hydrogen-bond donors (Lipinski definition) is 1. The molecule has 1 heterocycles. The second-order valence-corrected chi connectivity index (χ2v) is 8.47. The molecule has 142 valence electrons. The highest BCUT2D eigenvalue weighted by Crippen LogP contribution is 2.19. The number of sulfonamides is 1. The molecule has 3 rings (SSSR count). The molecule has 0 spiro atoms. The average molecular weight is 385 g/mol. The third-order valence-corrected chi connectivity index (χ3v) is 6.27. The fourth-order valence-corrected chi connectivity index (χ4v) is 4.29. The zero-order valence-corrected chi connectivity index (χ0v) is 16.3. The van der Waals surface area contributed by atoms with Crippen LogP contribution in [-0.2, 0) is 16.6 Å². The molecule has 3 aromatic rings. The fraction of sp³-hybridized carbons (Fsp3) is 0.300. The lowest BCUT2D eigenvalue weighted by Crippen LogP contribution is -2.33. The zero-order valence-electron chi connectivity index (χ0n) is 15.5. The molecule has 0 atom stereocenters. The van der Waals surface area contributed by atoms with Gasteiger partial charge in [0.25, 0.3) is 5.56 Å². The van der Waals surface area contributed by atoms with Crippen molar-refractivity contribution in [1.29, 1.82) is 0 Å². The van der Waals surface area contributed by atoms with Gasteiger partial charge in [-0.1, -0.05) is 43.2 Å². The molecule has 7 heteroatoms. The summed E-state index contributed by atoms with van der Waals surface area (Å²) in [5, 5.41) is 0.489. The van der Waals surface area contributed by atoms with E-state index in [0.717, 1.165) is 18.4 Å². The van der Waals surface area contributed by atoms with Crippen LogP contribution in [0, 0.1) is 6.92 Å². The number of rotatable bonds is 7. The summed E-state index contributed by atoms with van der Waals surface area (Å²) >= 11 is 0. The van der Waals surface area contributed by atoms with E-state index in [0.29, 0.717) is 23.3 Å². The molecule has 0 amide bonds. The monoisotopic (exact) mass is 385 g/mol. The molecule has 0 aliphatic carbocycles. The van der Waals surface area contributed by atoms with E-state index in [-0.39, 0.29) is 17.0 Å². The lowest BCUT2D eigenvalue weighted by atomic mass is 10.2. The van der Waals surface area contributed by atoms with Crippen LogP contribution in [-0.4, -0.2) is 29.2 Å².